The Morgan fingerprint density at radius 2 is 1.59 bits per heavy atom. The van der Waals surface area contributed by atoms with Crippen LogP contribution >= 0.6 is 0 Å². The zero-order chi connectivity index (χ0) is 20.4. The van der Waals surface area contributed by atoms with Crippen LogP contribution in [0.1, 0.15) is 27.7 Å². The van der Waals surface area contributed by atoms with E-state index in [1.807, 2.05) is 70.3 Å². The highest BCUT2D eigenvalue weighted by Gasteiger charge is 2.15. The van der Waals surface area contributed by atoms with Crippen molar-refractivity contribution >= 4 is 11.2 Å². The highest BCUT2D eigenvalue weighted by atomic mass is 16.5. The Labute approximate surface area is 170 Å². The first-order valence-corrected chi connectivity index (χ1v) is 9.88. The van der Waals surface area contributed by atoms with Crippen molar-refractivity contribution in [2.45, 2.75) is 39.9 Å². The van der Waals surface area contributed by atoms with Crippen molar-refractivity contribution < 1.29 is 9.47 Å². The van der Waals surface area contributed by atoms with Gasteiger partial charge in [-0.15, -0.1) is 0 Å². The molecule has 0 saturated carbocycles. The molecule has 2 aromatic heterocycles. The van der Waals surface area contributed by atoms with E-state index >= 15 is 0 Å². The molecule has 0 unspecified atom stereocenters. The fraction of sp³-hybridized carbons (Fsp3) is 0.250. The molecular formula is C24H25N3O2. The molecule has 0 atom stereocenters. The smallest absolute Gasteiger partial charge is 0.178 e. The van der Waals surface area contributed by atoms with Crippen LogP contribution in [0.4, 0.5) is 0 Å². The van der Waals surface area contributed by atoms with E-state index < -0.39 is 0 Å². The number of rotatable bonds is 6. The minimum absolute atomic E-state index is 0.0535. The number of aromatic amines is 1. The van der Waals surface area contributed by atoms with Crippen LogP contribution in [0.2, 0.25) is 0 Å². The van der Waals surface area contributed by atoms with Gasteiger partial charge in [-0.3, -0.25) is 0 Å². The third kappa shape index (κ3) is 4.24. The van der Waals surface area contributed by atoms with Crippen molar-refractivity contribution in [3.63, 3.8) is 0 Å². The van der Waals surface area contributed by atoms with Gasteiger partial charge in [0, 0.05) is 11.8 Å². The van der Waals surface area contributed by atoms with Gasteiger partial charge in [0.15, 0.2) is 5.65 Å². The number of hydrogen-bond donors (Lipinski definition) is 1. The van der Waals surface area contributed by atoms with Crippen molar-refractivity contribution in [2.24, 2.45) is 0 Å². The molecule has 0 amide bonds. The average molecular weight is 387 g/mol. The van der Waals surface area contributed by atoms with E-state index in [0.717, 1.165) is 33.7 Å². The Morgan fingerprint density at radius 1 is 0.828 bits per heavy atom. The van der Waals surface area contributed by atoms with Gasteiger partial charge in [0.2, 0.25) is 0 Å². The first-order chi connectivity index (χ1) is 14.0. The molecule has 0 aliphatic carbocycles. The molecule has 0 spiro atoms. The molecule has 148 valence electrons. The number of ether oxygens (including phenoxy) is 2. The topological polar surface area (TPSA) is 60.0 Å². The van der Waals surface area contributed by atoms with Crippen molar-refractivity contribution in [3.8, 4) is 34.0 Å². The number of hydrogen-bond acceptors (Lipinski definition) is 4. The van der Waals surface area contributed by atoms with E-state index in [0.29, 0.717) is 11.5 Å². The van der Waals surface area contributed by atoms with Crippen LogP contribution in [-0.2, 0) is 0 Å². The number of fused-ring (bicyclic) bond motifs is 1. The largest absolute Gasteiger partial charge is 0.491 e. The number of imidazole rings is 1. The molecule has 0 fully saturated rings. The van der Waals surface area contributed by atoms with Crippen LogP contribution < -0.4 is 9.47 Å². The van der Waals surface area contributed by atoms with Crippen LogP contribution in [0.25, 0.3) is 33.7 Å². The molecule has 0 radical (unpaired) electrons. The first-order valence-electron chi connectivity index (χ1n) is 9.88. The number of benzene rings is 2. The molecular weight excluding hydrogens is 362 g/mol. The summed E-state index contributed by atoms with van der Waals surface area (Å²) in [6, 6.07) is 18.1. The van der Waals surface area contributed by atoms with Gasteiger partial charge in [-0.1, -0.05) is 30.3 Å². The summed E-state index contributed by atoms with van der Waals surface area (Å²) < 4.78 is 11.9. The van der Waals surface area contributed by atoms with Gasteiger partial charge in [-0.05, 0) is 57.5 Å². The number of aromatic nitrogens is 3. The molecule has 29 heavy (non-hydrogen) atoms. The second-order valence-electron chi connectivity index (χ2n) is 7.54. The Kier molecular flexibility index (Phi) is 5.21. The first kappa shape index (κ1) is 19.0. The van der Waals surface area contributed by atoms with E-state index in [1.165, 1.54) is 0 Å². The molecule has 5 heteroatoms. The van der Waals surface area contributed by atoms with Crippen molar-refractivity contribution in [3.05, 3.63) is 60.8 Å². The number of nitrogens with one attached hydrogen (secondary N) is 1. The van der Waals surface area contributed by atoms with Crippen LogP contribution in [0, 0.1) is 0 Å². The average Bonchev–Trinajstić information content (AvgIpc) is 3.12. The molecule has 5 nitrogen and oxygen atoms in total. The van der Waals surface area contributed by atoms with Crippen molar-refractivity contribution in [2.75, 3.05) is 0 Å². The molecule has 0 aliphatic heterocycles. The lowest BCUT2D eigenvalue weighted by Crippen LogP contribution is -2.08. The van der Waals surface area contributed by atoms with Crippen LogP contribution in [0.5, 0.6) is 11.5 Å². The second-order valence-corrected chi connectivity index (χ2v) is 7.54. The second kappa shape index (κ2) is 7.95. The van der Waals surface area contributed by atoms with Crippen LogP contribution in [-0.4, -0.2) is 27.2 Å². The lowest BCUT2D eigenvalue weighted by atomic mass is 10.1. The monoisotopic (exact) mass is 387 g/mol. The predicted molar refractivity (Wildman–Crippen MR) is 116 cm³/mol. The van der Waals surface area contributed by atoms with Crippen LogP contribution in [0.3, 0.4) is 0 Å². The third-order valence-corrected chi connectivity index (χ3v) is 4.39. The Balaban J connectivity index is 1.78. The summed E-state index contributed by atoms with van der Waals surface area (Å²) in [5, 5.41) is 0. The lowest BCUT2D eigenvalue weighted by Gasteiger charge is -2.16. The number of nitrogens with zero attached hydrogens (tertiary/aromatic N) is 2. The Bertz CT molecular complexity index is 1120. The fourth-order valence-corrected chi connectivity index (χ4v) is 3.21. The van der Waals surface area contributed by atoms with E-state index in [4.69, 9.17) is 14.5 Å². The van der Waals surface area contributed by atoms with Gasteiger partial charge >= 0.3 is 0 Å². The normalized spacial score (nSPS) is 11.4. The quantitative estimate of drug-likeness (QED) is 0.450. The molecule has 0 saturated heterocycles. The zero-order valence-electron chi connectivity index (χ0n) is 17.1. The van der Waals surface area contributed by atoms with Gasteiger partial charge in [-0.2, -0.15) is 0 Å². The number of H-pyrrole nitrogens is 1. The van der Waals surface area contributed by atoms with Gasteiger partial charge in [-0.25, -0.2) is 9.97 Å². The van der Waals surface area contributed by atoms with E-state index in [9.17, 15) is 0 Å². The molecule has 1 N–H and O–H groups in total. The standard InChI is InChI=1S/C24H25N3O2/c1-15(2)28-19-10-11-22(29-16(3)4)20(13-19)23-26-21-12-18(14-25-24(21)27-23)17-8-6-5-7-9-17/h5-16H,1-4H3,(H,25,26,27). The molecule has 2 heterocycles. The maximum atomic E-state index is 6.01. The Morgan fingerprint density at radius 3 is 2.31 bits per heavy atom. The van der Waals surface area contributed by atoms with Gasteiger partial charge in [0.1, 0.15) is 17.3 Å². The summed E-state index contributed by atoms with van der Waals surface area (Å²) in [6.07, 6.45) is 2.00. The molecule has 2 aromatic carbocycles. The molecule has 4 rings (SSSR count). The van der Waals surface area contributed by atoms with Crippen LogP contribution in [0.15, 0.2) is 60.8 Å². The summed E-state index contributed by atoms with van der Waals surface area (Å²) in [5.74, 6) is 2.26. The SMILES string of the molecule is CC(C)Oc1ccc(OC(C)C)c(-c2nc3ncc(-c4ccccc4)cc3[nH]2)c1. The molecule has 4 aromatic rings. The van der Waals surface area contributed by atoms with Gasteiger partial charge in [0.25, 0.3) is 0 Å². The van der Waals surface area contributed by atoms with Gasteiger partial charge in [0.05, 0.1) is 23.3 Å². The minimum Gasteiger partial charge on any atom is -0.491 e. The number of pyridine rings is 1. The van der Waals surface area contributed by atoms with E-state index in [1.54, 1.807) is 0 Å². The highest BCUT2D eigenvalue weighted by molar-refractivity contribution is 5.82. The zero-order valence-corrected chi connectivity index (χ0v) is 17.1. The molecule has 0 aliphatic rings. The summed E-state index contributed by atoms with van der Waals surface area (Å²) in [7, 11) is 0. The van der Waals surface area contributed by atoms with Gasteiger partial charge < -0.3 is 14.5 Å². The van der Waals surface area contributed by atoms with Crippen molar-refractivity contribution in [1.82, 2.24) is 15.0 Å². The minimum atomic E-state index is 0.0535. The Hall–Kier alpha value is -3.34. The lowest BCUT2D eigenvalue weighted by molar-refractivity contribution is 0.235. The summed E-state index contributed by atoms with van der Waals surface area (Å²) >= 11 is 0. The summed E-state index contributed by atoms with van der Waals surface area (Å²) in [6.45, 7) is 8.03. The van der Waals surface area contributed by atoms with E-state index in [2.05, 4.69) is 28.2 Å². The summed E-state index contributed by atoms with van der Waals surface area (Å²) in [4.78, 5) is 12.7. The highest BCUT2D eigenvalue weighted by Crippen LogP contribution is 2.34. The third-order valence-electron chi connectivity index (χ3n) is 4.39. The molecule has 0 bridgehead atoms. The maximum absolute atomic E-state index is 6.01. The maximum Gasteiger partial charge on any atom is 0.178 e. The van der Waals surface area contributed by atoms with E-state index in [-0.39, 0.29) is 12.2 Å². The summed E-state index contributed by atoms with van der Waals surface area (Å²) in [5.41, 5.74) is 4.58. The predicted octanol–water partition coefficient (Wildman–Crippen LogP) is 5.87. The fourth-order valence-electron chi connectivity index (χ4n) is 3.21. The van der Waals surface area contributed by atoms with Crippen molar-refractivity contribution in [1.29, 1.82) is 0 Å².